The Kier molecular flexibility index (Phi) is 5.01. The molecule has 0 radical (unpaired) electrons. The van der Waals surface area contributed by atoms with Crippen molar-refractivity contribution in [3.63, 3.8) is 0 Å². The van der Waals surface area contributed by atoms with Gasteiger partial charge in [0.05, 0.1) is 6.33 Å². The summed E-state index contributed by atoms with van der Waals surface area (Å²) in [6, 6.07) is 0.703. The molecular weight excluding hydrogens is 268 g/mol. The van der Waals surface area contributed by atoms with Crippen LogP contribution in [-0.2, 0) is 6.54 Å². The first-order chi connectivity index (χ1) is 9.92. The normalized spacial score (nSPS) is 28.1. The zero-order valence-electron chi connectivity index (χ0n) is 12.0. The molecule has 2 heterocycles. The smallest absolute Gasteiger partial charge is 0.156 e. The van der Waals surface area contributed by atoms with Crippen molar-refractivity contribution >= 4 is 16.9 Å². The lowest BCUT2D eigenvalue weighted by molar-refractivity contribution is 0.311. The van der Waals surface area contributed by atoms with Gasteiger partial charge < -0.3 is 9.88 Å². The van der Waals surface area contributed by atoms with Gasteiger partial charge >= 0.3 is 0 Å². The summed E-state index contributed by atoms with van der Waals surface area (Å²) in [4.78, 5) is 8.79. The minimum atomic E-state index is 0.703. The van der Waals surface area contributed by atoms with E-state index in [2.05, 4.69) is 14.9 Å². The Bertz CT molecular complexity index is 429. The highest BCUT2D eigenvalue weighted by atomic mass is 32.2. The summed E-state index contributed by atoms with van der Waals surface area (Å²) < 4.78 is 2.13. The molecule has 1 saturated carbocycles. The summed E-state index contributed by atoms with van der Waals surface area (Å²) in [5, 5.41) is 4.85. The third kappa shape index (κ3) is 3.78. The second-order valence-electron chi connectivity index (χ2n) is 5.80. The Hall–Kier alpha value is -0.970. The van der Waals surface area contributed by atoms with Crippen LogP contribution in [0.2, 0.25) is 0 Å². The van der Waals surface area contributed by atoms with Crippen molar-refractivity contribution in [2.75, 3.05) is 12.3 Å². The van der Waals surface area contributed by atoms with Crippen molar-refractivity contribution in [2.24, 2.45) is 10.9 Å². The standard InChI is InChI=1S/C15H24N4S/c1-2-6-14-13(5-1)11-20-15(18-14)17-7-3-4-9-19-10-8-16-12-19/h8,10,12-14H,1-7,9,11H2,(H,17,18). The number of aliphatic imine (C=N–C) groups is 1. The average molecular weight is 292 g/mol. The molecule has 2 atom stereocenters. The van der Waals surface area contributed by atoms with Gasteiger partial charge in [0.1, 0.15) is 0 Å². The molecule has 2 fully saturated rings. The maximum Gasteiger partial charge on any atom is 0.156 e. The van der Waals surface area contributed by atoms with Crippen molar-refractivity contribution < 1.29 is 0 Å². The fraction of sp³-hybridized carbons (Fsp3) is 0.733. The van der Waals surface area contributed by atoms with E-state index in [0.29, 0.717) is 6.04 Å². The van der Waals surface area contributed by atoms with Gasteiger partial charge in [-0.1, -0.05) is 24.6 Å². The SMILES string of the molecule is c1cn(CCCCN=C2NC3CCCCC3CS2)cn1. The highest BCUT2D eigenvalue weighted by molar-refractivity contribution is 8.13. The van der Waals surface area contributed by atoms with E-state index in [9.17, 15) is 0 Å². The number of nitrogens with one attached hydrogen (secondary N) is 1. The van der Waals surface area contributed by atoms with E-state index in [1.807, 2.05) is 30.5 Å². The maximum atomic E-state index is 4.74. The van der Waals surface area contributed by atoms with Crippen molar-refractivity contribution in [1.29, 1.82) is 0 Å². The Balaban J connectivity index is 1.36. The molecule has 2 unspecified atom stereocenters. The predicted molar refractivity (Wildman–Crippen MR) is 85.1 cm³/mol. The number of amidine groups is 1. The monoisotopic (exact) mass is 292 g/mol. The van der Waals surface area contributed by atoms with Crippen molar-refractivity contribution in [1.82, 2.24) is 14.9 Å². The topological polar surface area (TPSA) is 42.2 Å². The Morgan fingerprint density at radius 3 is 3.20 bits per heavy atom. The zero-order chi connectivity index (χ0) is 13.6. The van der Waals surface area contributed by atoms with E-state index in [-0.39, 0.29) is 0 Å². The summed E-state index contributed by atoms with van der Waals surface area (Å²) in [5.41, 5.74) is 0. The van der Waals surface area contributed by atoms with Gasteiger partial charge in [-0.25, -0.2) is 4.98 Å². The number of imidazole rings is 1. The number of thioether (sulfide) groups is 1. The molecule has 0 bridgehead atoms. The van der Waals surface area contributed by atoms with Crippen molar-refractivity contribution in [2.45, 2.75) is 51.1 Å². The lowest BCUT2D eigenvalue weighted by Gasteiger charge is -2.36. The first-order valence-corrected chi connectivity index (χ1v) is 8.80. The predicted octanol–water partition coefficient (Wildman–Crippen LogP) is 2.91. The van der Waals surface area contributed by atoms with Crippen LogP contribution in [0.3, 0.4) is 0 Å². The summed E-state index contributed by atoms with van der Waals surface area (Å²) in [6.45, 7) is 2.00. The lowest BCUT2D eigenvalue weighted by Crippen LogP contribution is -2.46. The van der Waals surface area contributed by atoms with Gasteiger partial charge in [0.2, 0.25) is 0 Å². The Labute approximate surface area is 125 Å². The van der Waals surface area contributed by atoms with E-state index in [0.717, 1.165) is 25.4 Å². The quantitative estimate of drug-likeness (QED) is 0.849. The summed E-state index contributed by atoms with van der Waals surface area (Å²) in [5.74, 6) is 2.15. The minimum Gasteiger partial charge on any atom is -0.362 e. The number of hydrogen-bond donors (Lipinski definition) is 1. The van der Waals surface area contributed by atoms with Gasteiger partial charge in [0.15, 0.2) is 5.17 Å². The van der Waals surface area contributed by atoms with Crippen LogP contribution in [0.1, 0.15) is 38.5 Å². The van der Waals surface area contributed by atoms with Gasteiger partial charge in [-0.15, -0.1) is 0 Å². The number of aryl methyl sites for hydroxylation is 1. The number of rotatable bonds is 5. The third-order valence-electron chi connectivity index (χ3n) is 4.29. The molecule has 1 aliphatic heterocycles. The van der Waals surface area contributed by atoms with Crippen molar-refractivity contribution in [3.05, 3.63) is 18.7 Å². The number of fused-ring (bicyclic) bond motifs is 1. The third-order valence-corrected chi connectivity index (χ3v) is 5.41. The molecule has 110 valence electrons. The van der Waals surface area contributed by atoms with E-state index in [1.165, 1.54) is 43.0 Å². The van der Waals surface area contributed by atoms with Crippen LogP contribution in [-0.4, -0.2) is 33.1 Å². The van der Waals surface area contributed by atoms with Gasteiger partial charge in [0.25, 0.3) is 0 Å². The molecule has 0 spiro atoms. The van der Waals surface area contributed by atoms with E-state index in [4.69, 9.17) is 4.99 Å². The Morgan fingerprint density at radius 1 is 1.35 bits per heavy atom. The first-order valence-electron chi connectivity index (χ1n) is 7.81. The van der Waals surface area contributed by atoms with Gasteiger partial charge in [-0.2, -0.15) is 0 Å². The number of aromatic nitrogens is 2. The number of unbranched alkanes of at least 4 members (excludes halogenated alkanes) is 1. The zero-order valence-corrected chi connectivity index (χ0v) is 12.8. The minimum absolute atomic E-state index is 0.703. The molecular formula is C15H24N4S. The van der Waals surface area contributed by atoms with Crippen LogP contribution in [0.25, 0.3) is 0 Å². The number of hydrogen-bond acceptors (Lipinski definition) is 3. The largest absolute Gasteiger partial charge is 0.362 e. The van der Waals surface area contributed by atoms with Crippen LogP contribution < -0.4 is 5.32 Å². The molecule has 1 aromatic heterocycles. The molecule has 20 heavy (non-hydrogen) atoms. The Morgan fingerprint density at radius 2 is 2.30 bits per heavy atom. The second kappa shape index (κ2) is 7.16. The van der Waals surface area contributed by atoms with Crippen LogP contribution in [0.5, 0.6) is 0 Å². The maximum absolute atomic E-state index is 4.74. The molecule has 1 aliphatic carbocycles. The van der Waals surface area contributed by atoms with E-state index in [1.54, 1.807) is 0 Å². The van der Waals surface area contributed by atoms with Gasteiger partial charge in [-0.05, 0) is 31.6 Å². The van der Waals surface area contributed by atoms with Crippen LogP contribution in [0, 0.1) is 5.92 Å². The molecule has 4 nitrogen and oxygen atoms in total. The molecule has 0 aromatic carbocycles. The second-order valence-corrected chi connectivity index (χ2v) is 6.81. The number of nitrogens with zero attached hydrogens (tertiary/aromatic N) is 3. The highest BCUT2D eigenvalue weighted by Gasteiger charge is 2.29. The van der Waals surface area contributed by atoms with Crippen LogP contribution in [0.4, 0.5) is 0 Å². The van der Waals surface area contributed by atoms with Gasteiger partial charge in [0, 0.05) is 37.3 Å². The molecule has 1 saturated heterocycles. The fourth-order valence-electron chi connectivity index (χ4n) is 3.08. The first kappa shape index (κ1) is 14.0. The summed E-state index contributed by atoms with van der Waals surface area (Å²) in [6.07, 6.45) is 13.6. The molecule has 2 aliphatic rings. The molecule has 5 heteroatoms. The van der Waals surface area contributed by atoms with E-state index < -0.39 is 0 Å². The van der Waals surface area contributed by atoms with E-state index >= 15 is 0 Å². The highest BCUT2D eigenvalue weighted by Crippen LogP contribution is 2.31. The molecule has 1 aromatic rings. The van der Waals surface area contributed by atoms with Gasteiger partial charge in [-0.3, -0.25) is 4.99 Å². The molecule has 3 rings (SSSR count). The molecule has 0 amide bonds. The fourth-order valence-corrected chi connectivity index (χ4v) is 4.27. The average Bonchev–Trinajstić information content (AvgIpc) is 3.00. The van der Waals surface area contributed by atoms with Crippen LogP contribution >= 0.6 is 11.8 Å². The summed E-state index contributed by atoms with van der Waals surface area (Å²) in [7, 11) is 0. The molecule has 1 N–H and O–H groups in total. The summed E-state index contributed by atoms with van der Waals surface area (Å²) >= 11 is 1.93. The van der Waals surface area contributed by atoms with Crippen LogP contribution in [0.15, 0.2) is 23.7 Å². The van der Waals surface area contributed by atoms with Crippen molar-refractivity contribution in [3.8, 4) is 0 Å². The lowest BCUT2D eigenvalue weighted by atomic mass is 9.86.